The molecule has 0 aliphatic rings. The number of ether oxygens (including phenoxy) is 1. The molecule has 2 aromatic rings. The van der Waals surface area contributed by atoms with Crippen LogP contribution < -0.4 is 5.32 Å². The molecular formula is C16H17F3N2O3. The third-order valence-electron chi connectivity index (χ3n) is 3.27. The van der Waals surface area contributed by atoms with E-state index in [1.54, 1.807) is 13.8 Å². The number of alkyl halides is 3. The lowest BCUT2D eigenvalue weighted by Gasteiger charge is -2.16. The summed E-state index contributed by atoms with van der Waals surface area (Å²) in [6.07, 6.45) is -4.02. The minimum Gasteiger partial charge on any atom is -0.462 e. The SMILES string of the molecule is CCOC(=O)c1cnc2cc(C(F)(F)F)ccc2c1NC[C@H](C)O. The number of hydrogen-bond acceptors (Lipinski definition) is 5. The molecule has 0 saturated carbocycles. The molecule has 0 spiro atoms. The van der Waals surface area contributed by atoms with Crippen molar-refractivity contribution >= 4 is 22.6 Å². The van der Waals surface area contributed by atoms with Crippen LogP contribution in [-0.4, -0.2) is 35.3 Å². The number of aromatic nitrogens is 1. The van der Waals surface area contributed by atoms with Crippen LogP contribution in [0, 0.1) is 0 Å². The van der Waals surface area contributed by atoms with Crippen LogP contribution >= 0.6 is 0 Å². The second kappa shape index (κ2) is 7.04. The fourth-order valence-electron chi connectivity index (χ4n) is 2.17. The number of benzene rings is 1. The number of aliphatic hydroxyl groups excluding tert-OH is 1. The van der Waals surface area contributed by atoms with Gasteiger partial charge in [0.25, 0.3) is 0 Å². The Morgan fingerprint density at radius 1 is 1.42 bits per heavy atom. The second-order valence-electron chi connectivity index (χ2n) is 5.23. The summed E-state index contributed by atoms with van der Waals surface area (Å²) < 4.78 is 43.4. The third-order valence-corrected chi connectivity index (χ3v) is 3.27. The summed E-state index contributed by atoms with van der Waals surface area (Å²) in [5.74, 6) is -0.639. The van der Waals surface area contributed by atoms with Crippen LogP contribution in [0.5, 0.6) is 0 Å². The first-order valence-corrected chi connectivity index (χ1v) is 7.33. The smallest absolute Gasteiger partial charge is 0.416 e. The highest BCUT2D eigenvalue weighted by atomic mass is 19.4. The predicted octanol–water partition coefficient (Wildman–Crippen LogP) is 3.22. The summed E-state index contributed by atoms with van der Waals surface area (Å²) >= 11 is 0. The van der Waals surface area contributed by atoms with Crippen LogP contribution in [0.1, 0.15) is 29.8 Å². The predicted molar refractivity (Wildman–Crippen MR) is 82.9 cm³/mol. The van der Waals surface area contributed by atoms with Gasteiger partial charge in [0.05, 0.1) is 29.5 Å². The zero-order valence-electron chi connectivity index (χ0n) is 13.1. The number of esters is 1. The minimum absolute atomic E-state index is 0.0889. The van der Waals surface area contributed by atoms with Crippen molar-refractivity contribution in [2.24, 2.45) is 0 Å². The minimum atomic E-state index is -4.48. The number of pyridine rings is 1. The van der Waals surface area contributed by atoms with Crippen molar-refractivity contribution < 1.29 is 27.8 Å². The topological polar surface area (TPSA) is 71.5 Å². The lowest BCUT2D eigenvalue weighted by molar-refractivity contribution is -0.137. The number of nitrogens with one attached hydrogen (secondary N) is 1. The van der Waals surface area contributed by atoms with E-state index in [1.165, 1.54) is 12.3 Å². The highest BCUT2D eigenvalue weighted by Crippen LogP contribution is 2.34. The van der Waals surface area contributed by atoms with E-state index in [0.717, 1.165) is 12.1 Å². The molecule has 0 unspecified atom stereocenters. The molecule has 2 N–H and O–H groups in total. The standard InChI is InChI=1S/C16H17F3N2O3/c1-3-24-15(23)12-8-20-13-6-10(16(17,18)19)4-5-11(13)14(12)21-7-9(2)22/h4-6,8-9,22H,3,7H2,1-2H3,(H,20,21)/t9-/m0/s1. The average Bonchev–Trinajstić information content (AvgIpc) is 2.51. The van der Waals surface area contributed by atoms with E-state index in [0.29, 0.717) is 5.39 Å². The highest BCUT2D eigenvalue weighted by molar-refractivity contribution is 6.05. The van der Waals surface area contributed by atoms with Crippen LogP contribution in [0.2, 0.25) is 0 Å². The summed E-state index contributed by atoms with van der Waals surface area (Å²) in [7, 11) is 0. The first-order chi connectivity index (χ1) is 11.2. The first kappa shape index (κ1) is 18.0. The van der Waals surface area contributed by atoms with Crippen LogP contribution in [0.4, 0.5) is 18.9 Å². The van der Waals surface area contributed by atoms with E-state index >= 15 is 0 Å². The molecule has 1 atom stereocenters. The maximum atomic E-state index is 12.8. The Kier molecular flexibility index (Phi) is 5.28. The molecule has 0 saturated heterocycles. The Hall–Kier alpha value is -2.35. The zero-order chi connectivity index (χ0) is 17.9. The average molecular weight is 342 g/mol. The van der Waals surface area contributed by atoms with Crippen molar-refractivity contribution in [1.82, 2.24) is 4.98 Å². The van der Waals surface area contributed by atoms with Crippen LogP contribution in [0.25, 0.3) is 10.9 Å². The third kappa shape index (κ3) is 3.94. The van der Waals surface area contributed by atoms with E-state index in [-0.39, 0.29) is 29.9 Å². The number of halogens is 3. The molecule has 24 heavy (non-hydrogen) atoms. The number of nitrogens with zero attached hydrogens (tertiary/aromatic N) is 1. The molecule has 130 valence electrons. The number of carbonyl (C=O) groups is 1. The first-order valence-electron chi connectivity index (χ1n) is 7.33. The highest BCUT2D eigenvalue weighted by Gasteiger charge is 2.31. The van der Waals surface area contributed by atoms with Crippen molar-refractivity contribution in [2.45, 2.75) is 26.1 Å². The van der Waals surface area contributed by atoms with Gasteiger partial charge >= 0.3 is 12.1 Å². The van der Waals surface area contributed by atoms with Gasteiger partial charge in [-0.15, -0.1) is 0 Å². The summed E-state index contributed by atoms with van der Waals surface area (Å²) in [6.45, 7) is 3.46. The van der Waals surface area contributed by atoms with Gasteiger partial charge in [0.2, 0.25) is 0 Å². The van der Waals surface area contributed by atoms with Crippen molar-refractivity contribution in [3.63, 3.8) is 0 Å². The number of aliphatic hydroxyl groups is 1. The van der Waals surface area contributed by atoms with E-state index in [4.69, 9.17) is 4.74 Å². The van der Waals surface area contributed by atoms with Gasteiger partial charge in [-0.3, -0.25) is 4.98 Å². The number of anilines is 1. The van der Waals surface area contributed by atoms with Gasteiger partial charge in [-0.1, -0.05) is 6.07 Å². The van der Waals surface area contributed by atoms with Crippen LogP contribution in [0.15, 0.2) is 24.4 Å². The molecule has 0 fully saturated rings. The molecule has 0 aliphatic carbocycles. The van der Waals surface area contributed by atoms with Gasteiger partial charge in [0, 0.05) is 18.1 Å². The van der Waals surface area contributed by atoms with Crippen molar-refractivity contribution in [1.29, 1.82) is 0 Å². The number of fused-ring (bicyclic) bond motifs is 1. The van der Waals surface area contributed by atoms with Gasteiger partial charge in [-0.25, -0.2) is 4.79 Å². The molecule has 5 nitrogen and oxygen atoms in total. The molecule has 1 aromatic carbocycles. The quantitative estimate of drug-likeness (QED) is 0.817. The largest absolute Gasteiger partial charge is 0.462 e. The van der Waals surface area contributed by atoms with Gasteiger partial charge in [-0.2, -0.15) is 13.2 Å². The van der Waals surface area contributed by atoms with E-state index in [2.05, 4.69) is 10.3 Å². The Morgan fingerprint density at radius 2 is 2.12 bits per heavy atom. The molecular weight excluding hydrogens is 325 g/mol. The summed E-state index contributed by atoms with van der Waals surface area (Å²) in [6, 6.07) is 3.09. The van der Waals surface area contributed by atoms with Crippen LogP contribution in [0.3, 0.4) is 0 Å². The normalized spacial score (nSPS) is 12.9. The molecule has 8 heteroatoms. The summed E-state index contributed by atoms with van der Waals surface area (Å²) in [5.41, 5.74) is -0.350. The van der Waals surface area contributed by atoms with E-state index < -0.39 is 23.8 Å². The maximum Gasteiger partial charge on any atom is 0.416 e. The van der Waals surface area contributed by atoms with E-state index in [9.17, 15) is 23.1 Å². The van der Waals surface area contributed by atoms with Crippen molar-refractivity contribution in [2.75, 3.05) is 18.5 Å². The van der Waals surface area contributed by atoms with Gasteiger partial charge in [0.15, 0.2) is 0 Å². The molecule has 1 heterocycles. The van der Waals surface area contributed by atoms with Crippen LogP contribution in [-0.2, 0) is 10.9 Å². The Labute approximate surface area is 136 Å². The molecule has 2 rings (SSSR count). The van der Waals surface area contributed by atoms with Crippen molar-refractivity contribution in [3.8, 4) is 0 Å². The molecule has 0 aliphatic heterocycles. The Bertz CT molecular complexity index is 745. The fourth-order valence-corrected chi connectivity index (χ4v) is 2.17. The number of hydrogen-bond donors (Lipinski definition) is 2. The van der Waals surface area contributed by atoms with E-state index in [1.807, 2.05) is 0 Å². The van der Waals surface area contributed by atoms with Gasteiger partial charge in [-0.05, 0) is 26.0 Å². The van der Waals surface area contributed by atoms with Crippen molar-refractivity contribution in [3.05, 3.63) is 35.5 Å². The fraction of sp³-hybridized carbons (Fsp3) is 0.375. The zero-order valence-corrected chi connectivity index (χ0v) is 13.1. The monoisotopic (exact) mass is 342 g/mol. The molecule has 1 aromatic heterocycles. The lowest BCUT2D eigenvalue weighted by atomic mass is 10.1. The summed E-state index contributed by atoms with van der Waals surface area (Å²) in [5, 5.41) is 12.6. The Balaban J connectivity index is 2.58. The second-order valence-corrected chi connectivity index (χ2v) is 5.23. The summed E-state index contributed by atoms with van der Waals surface area (Å²) in [4.78, 5) is 16.0. The molecule has 0 radical (unpaired) electrons. The van der Waals surface area contributed by atoms with Gasteiger partial charge < -0.3 is 15.2 Å². The molecule has 0 bridgehead atoms. The number of carbonyl (C=O) groups excluding carboxylic acids is 1. The van der Waals surface area contributed by atoms with Gasteiger partial charge in [0.1, 0.15) is 5.56 Å². The number of rotatable bonds is 5. The Morgan fingerprint density at radius 3 is 2.71 bits per heavy atom. The maximum absolute atomic E-state index is 12.8. The lowest BCUT2D eigenvalue weighted by Crippen LogP contribution is -2.18. The molecule has 0 amide bonds.